The summed E-state index contributed by atoms with van der Waals surface area (Å²) in [6.07, 6.45) is -4.49. The summed E-state index contributed by atoms with van der Waals surface area (Å²) in [7, 11) is 0. The molecule has 0 aliphatic heterocycles. The predicted molar refractivity (Wildman–Crippen MR) is 101 cm³/mol. The normalized spacial score (nSPS) is 11.7. The van der Waals surface area contributed by atoms with Gasteiger partial charge in [-0.1, -0.05) is 6.07 Å². The fourth-order valence-electron chi connectivity index (χ4n) is 2.28. The lowest BCUT2D eigenvalue weighted by Gasteiger charge is -2.08. The molecule has 2 aromatic carbocycles. The number of thiazole rings is 1. The van der Waals surface area contributed by atoms with E-state index < -0.39 is 16.7 Å². The number of nitrogens with zero attached hydrogens (tertiary/aromatic N) is 4. The van der Waals surface area contributed by atoms with Crippen LogP contribution in [-0.2, 0) is 6.18 Å². The second kappa shape index (κ2) is 8.07. The van der Waals surface area contributed by atoms with Crippen LogP contribution in [0.2, 0.25) is 0 Å². The van der Waals surface area contributed by atoms with Gasteiger partial charge in [-0.05, 0) is 30.3 Å². The summed E-state index contributed by atoms with van der Waals surface area (Å²) in [4.78, 5) is 14.5. The fraction of sp³-hybridized carbons (Fsp3) is 0.0556. The first-order valence-electron chi connectivity index (χ1n) is 7.89. The van der Waals surface area contributed by atoms with Gasteiger partial charge in [0.15, 0.2) is 10.7 Å². The van der Waals surface area contributed by atoms with Gasteiger partial charge in [0.05, 0.1) is 21.9 Å². The average molecular weight is 417 g/mol. The van der Waals surface area contributed by atoms with Crippen LogP contribution in [-0.4, -0.2) is 15.6 Å². The van der Waals surface area contributed by atoms with Crippen molar-refractivity contribution in [2.45, 2.75) is 6.18 Å². The van der Waals surface area contributed by atoms with Crippen molar-refractivity contribution in [2.24, 2.45) is 5.10 Å². The summed E-state index contributed by atoms with van der Waals surface area (Å²) in [5, 5.41) is 25.8. The molecular formula is C18H10F3N5O2S. The standard InChI is InChI=1S/C18H10F3N5O2S/c19-18(20,21)12-2-1-3-13(8-12)24-25-15(9-22)17-23-16(10-29-17)11-4-6-14(7-5-11)26(27)28/h1-8,10,24H/b25-15+. The molecule has 0 fully saturated rings. The van der Waals surface area contributed by atoms with Crippen LogP contribution in [0.15, 0.2) is 59.0 Å². The molecule has 29 heavy (non-hydrogen) atoms. The Hall–Kier alpha value is -3.78. The molecule has 0 atom stereocenters. The summed E-state index contributed by atoms with van der Waals surface area (Å²) < 4.78 is 38.3. The van der Waals surface area contributed by atoms with Gasteiger partial charge in [0.2, 0.25) is 0 Å². The maximum atomic E-state index is 12.8. The Morgan fingerprint density at radius 2 is 1.97 bits per heavy atom. The number of alkyl halides is 3. The van der Waals surface area contributed by atoms with E-state index in [0.29, 0.717) is 11.3 Å². The van der Waals surface area contributed by atoms with E-state index in [0.717, 1.165) is 23.5 Å². The Balaban J connectivity index is 1.81. The molecule has 146 valence electrons. The van der Waals surface area contributed by atoms with Crippen molar-refractivity contribution in [3.8, 4) is 17.3 Å². The minimum atomic E-state index is -4.49. The Labute approximate surface area is 165 Å². The SMILES string of the molecule is N#C/C(=N\Nc1cccc(C(F)(F)F)c1)c1nc(-c2ccc([N+](=O)[O-])cc2)cs1. The molecular weight excluding hydrogens is 407 g/mol. The van der Waals surface area contributed by atoms with Gasteiger partial charge in [0, 0.05) is 23.1 Å². The van der Waals surface area contributed by atoms with E-state index in [1.54, 1.807) is 5.38 Å². The number of benzene rings is 2. The Bertz CT molecular complexity index is 1120. The predicted octanol–water partition coefficient (Wildman–Crippen LogP) is 5.08. The highest BCUT2D eigenvalue weighted by molar-refractivity contribution is 7.12. The highest BCUT2D eigenvalue weighted by Gasteiger charge is 2.30. The molecule has 0 saturated carbocycles. The lowest BCUT2D eigenvalue weighted by molar-refractivity contribution is -0.384. The number of hydrogen-bond donors (Lipinski definition) is 1. The zero-order chi connectivity index (χ0) is 21.0. The van der Waals surface area contributed by atoms with Gasteiger partial charge in [0.25, 0.3) is 5.69 Å². The number of hydrogen-bond acceptors (Lipinski definition) is 7. The summed E-state index contributed by atoms with van der Waals surface area (Å²) >= 11 is 1.11. The number of rotatable bonds is 5. The average Bonchev–Trinajstić information content (AvgIpc) is 3.18. The van der Waals surface area contributed by atoms with Gasteiger partial charge >= 0.3 is 6.18 Å². The number of nitro groups is 1. The fourth-order valence-corrected chi connectivity index (χ4v) is 3.04. The van der Waals surface area contributed by atoms with Crippen molar-refractivity contribution in [1.29, 1.82) is 5.26 Å². The number of nitriles is 1. The molecule has 11 heteroatoms. The maximum absolute atomic E-state index is 12.8. The lowest BCUT2D eigenvalue weighted by Crippen LogP contribution is -2.06. The minimum Gasteiger partial charge on any atom is -0.277 e. The molecule has 3 aromatic rings. The van der Waals surface area contributed by atoms with Gasteiger partial charge in [-0.2, -0.15) is 23.5 Å². The van der Waals surface area contributed by atoms with E-state index >= 15 is 0 Å². The topological polar surface area (TPSA) is 104 Å². The molecule has 1 heterocycles. The van der Waals surface area contributed by atoms with Gasteiger partial charge < -0.3 is 0 Å². The van der Waals surface area contributed by atoms with Crippen LogP contribution in [0.4, 0.5) is 24.5 Å². The Morgan fingerprint density at radius 3 is 2.59 bits per heavy atom. The third-order valence-electron chi connectivity index (χ3n) is 3.67. The molecule has 1 N–H and O–H groups in total. The van der Waals surface area contributed by atoms with Gasteiger partial charge in [-0.15, -0.1) is 11.3 Å². The van der Waals surface area contributed by atoms with E-state index in [1.807, 2.05) is 6.07 Å². The maximum Gasteiger partial charge on any atom is 0.416 e. The van der Waals surface area contributed by atoms with Gasteiger partial charge in [-0.3, -0.25) is 15.5 Å². The van der Waals surface area contributed by atoms with Crippen LogP contribution < -0.4 is 5.43 Å². The molecule has 0 aliphatic carbocycles. The highest BCUT2D eigenvalue weighted by Crippen LogP contribution is 2.30. The van der Waals surface area contributed by atoms with Crippen LogP contribution in [0.3, 0.4) is 0 Å². The van der Waals surface area contributed by atoms with Crippen molar-refractivity contribution < 1.29 is 18.1 Å². The summed E-state index contributed by atoms with van der Waals surface area (Å²) in [6.45, 7) is 0. The van der Waals surface area contributed by atoms with Crippen LogP contribution in [0, 0.1) is 21.4 Å². The van der Waals surface area contributed by atoms with Crippen LogP contribution in [0.1, 0.15) is 10.6 Å². The minimum absolute atomic E-state index is 0.0613. The second-order valence-corrected chi connectivity index (χ2v) is 6.46. The molecule has 0 spiro atoms. The Kier molecular flexibility index (Phi) is 5.56. The highest BCUT2D eigenvalue weighted by atomic mass is 32.1. The number of anilines is 1. The van der Waals surface area contributed by atoms with E-state index in [9.17, 15) is 28.5 Å². The third-order valence-corrected chi connectivity index (χ3v) is 4.52. The zero-order valence-electron chi connectivity index (χ0n) is 14.3. The number of nitrogens with one attached hydrogen (secondary N) is 1. The number of hydrazone groups is 1. The monoisotopic (exact) mass is 417 g/mol. The van der Waals surface area contributed by atoms with Crippen molar-refractivity contribution in [1.82, 2.24) is 4.98 Å². The number of nitro benzene ring substituents is 1. The van der Waals surface area contributed by atoms with Crippen LogP contribution in [0.5, 0.6) is 0 Å². The quantitative estimate of drug-likeness (QED) is 0.354. The number of aromatic nitrogens is 1. The van der Waals surface area contributed by atoms with Crippen molar-refractivity contribution in [3.63, 3.8) is 0 Å². The van der Waals surface area contributed by atoms with Crippen LogP contribution in [0.25, 0.3) is 11.3 Å². The first-order chi connectivity index (χ1) is 13.8. The molecule has 0 saturated heterocycles. The molecule has 1 aromatic heterocycles. The molecule has 0 radical (unpaired) electrons. The van der Waals surface area contributed by atoms with Crippen molar-refractivity contribution in [3.05, 3.63) is 74.6 Å². The van der Waals surface area contributed by atoms with Gasteiger partial charge in [-0.25, -0.2) is 4.98 Å². The summed E-state index contributed by atoms with van der Waals surface area (Å²) in [5.41, 5.74) is 2.59. The molecule has 7 nitrogen and oxygen atoms in total. The first kappa shape index (κ1) is 20.0. The third kappa shape index (κ3) is 4.74. The smallest absolute Gasteiger partial charge is 0.277 e. The number of halogens is 3. The van der Waals surface area contributed by atoms with E-state index in [1.165, 1.54) is 36.4 Å². The van der Waals surface area contributed by atoms with E-state index in [2.05, 4.69) is 15.5 Å². The largest absolute Gasteiger partial charge is 0.416 e. The van der Waals surface area contributed by atoms with Crippen LogP contribution >= 0.6 is 11.3 Å². The van der Waals surface area contributed by atoms with Crippen molar-refractivity contribution >= 4 is 28.4 Å². The van der Waals surface area contributed by atoms with Crippen molar-refractivity contribution in [2.75, 3.05) is 5.43 Å². The zero-order valence-corrected chi connectivity index (χ0v) is 15.2. The molecule has 0 aliphatic rings. The first-order valence-corrected chi connectivity index (χ1v) is 8.77. The summed E-state index contributed by atoms with van der Waals surface area (Å²) in [6, 6.07) is 12.0. The molecule has 0 unspecified atom stereocenters. The second-order valence-electron chi connectivity index (χ2n) is 5.60. The van der Waals surface area contributed by atoms with E-state index in [-0.39, 0.29) is 22.1 Å². The molecule has 0 bridgehead atoms. The number of non-ortho nitro benzene ring substituents is 1. The summed E-state index contributed by atoms with van der Waals surface area (Å²) in [5.74, 6) is 0. The van der Waals surface area contributed by atoms with E-state index in [4.69, 9.17) is 0 Å². The van der Waals surface area contributed by atoms with Gasteiger partial charge in [0.1, 0.15) is 6.07 Å². The Morgan fingerprint density at radius 1 is 1.24 bits per heavy atom. The lowest BCUT2D eigenvalue weighted by atomic mass is 10.1. The molecule has 0 amide bonds. The molecule has 3 rings (SSSR count).